The van der Waals surface area contributed by atoms with Crippen molar-refractivity contribution in [3.05, 3.63) is 29.8 Å². The molecule has 0 amide bonds. The Kier molecular flexibility index (Phi) is 3.38. The zero-order valence-corrected chi connectivity index (χ0v) is 8.48. The van der Waals surface area contributed by atoms with Crippen molar-refractivity contribution in [2.24, 2.45) is 0 Å². The molecule has 1 atom stereocenters. The first-order chi connectivity index (χ1) is 7.27. The van der Waals surface area contributed by atoms with Crippen LogP contribution in [0.5, 0.6) is 0 Å². The quantitative estimate of drug-likeness (QED) is 0.449. The van der Waals surface area contributed by atoms with Gasteiger partial charge in [-0.25, -0.2) is 0 Å². The average Bonchev–Trinajstić information content (AvgIpc) is 2.30. The van der Waals surface area contributed by atoms with Crippen molar-refractivity contribution in [3.8, 4) is 0 Å². The van der Waals surface area contributed by atoms with E-state index in [4.69, 9.17) is 10.0 Å². The van der Waals surface area contributed by atoms with E-state index in [1.54, 1.807) is 12.1 Å². The van der Waals surface area contributed by atoms with Crippen LogP contribution in [0.1, 0.15) is 11.6 Å². The van der Waals surface area contributed by atoms with Crippen molar-refractivity contribution in [1.82, 2.24) is 10.6 Å². The fourth-order valence-corrected chi connectivity index (χ4v) is 1.79. The highest BCUT2D eigenvalue weighted by Crippen LogP contribution is 2.11. The van der Waals surface area contributed by atoms with Gasteiger partial charge in [-0.3, -0.25) is 0 Å². The molecule has 1 aliphatic heterocycles. The van der Waals surface area contributed by atoms with E-state index < -0.39 is 7.12 Å². The lowest BCUT2D eigenvalue weighted by atomic mass is 9.80. The molecule has 0 unspecified atom stereocenters. The predicted molar refractivity (Wildman–Crippen MR) is 59.9 cm³/mol. The highest BCUT2D eigenvalue weighted by atomic mass is 16.4. The molecular weight excluding hydrogens is 191 g/mol. The smallest absolute Gasteiger partial charge is 0.423 e. The van der Waals surface area contributed by atoms with Gasteiger partial charge in [0.05, 0.1) is 0 Å². The predicted octanol–water partition coefficient (Wildman–Crippen LogP) is -1.40. The molecule has 4 N–H and O–H groups in total. The molecule has 1 aromatic rings. The topological polar surface area (TPSA) is 64.5 Å². The Morgan fingerprint density at radius 1 is 1.13 bits per heavy atom. The first-order valence-corrected chi connectivity index (χ1v) is 5.17. The third-order valence-corrected chi connectivity index (χ3v) is 2.68. The standard InChI is InChI=1S/C10H15BN2O2/c14-11(15)9-3-1-8(2-4-9)10-7-12-5-6-13-10/h1-4,10,12-15H,5-7H2/t10-/m0/s1. The lowest BCUT2D eigenvalue weighted by Crippen LogP contribution is -2.42. The second-order valence-electron chi connectivity index (χ2n) is 3.75. The minimum Gasteiger partial charge on any atom is -0.423 e. The minimum absolute atomic E-state index is 0.323. The van der Waals surface area contributed by atoms with Gasteiger partial charge in [-0.1, -0.05) is 24.3 Å². The van der Waals surface area contributed by atoms with Gasteiger partial charge in [0.15, 0.2) is 0 Å². The summed E-state index contributed by atoms with van der Waals surface area (Å²) in [4.78, 5) is 0. The van der Waals surface area contributed by atoms with Crippen LogP contribution in [0.25, 0.3) is 0 Å². The molecule has 1 aliphatic rings. The van der Waals surface area contributed by atoms with Crippen molar-refractivity contribution in [1.29, 1.82) is 0 Å². The molecule has 0 bridgehead atoms. The molecular formula is C10H15BN2O2. The summed E-state index contributed by atoms with van der Waals surface area (Å²) < 4.78 is 0. The van der Waals surface area contributed by atoms with E-state index >= 15 is 0 Å². The van der Waals surface area contributed by atoms with Crippen molar-refractivity contribution in [3.63, 3.8) is 0 Å². The maximum absolute atomic E-state index is 8.95. The number of rotatable bonds is 2. The van der Waals surface area contributed by atoms with Gasteiger partial charge >= 0.3 is 7.12 Å². The van der Waals surface area contributed by atoms with Gasteiger partial charge in [-0.15, -0.1) is 0 Å². The molecule has 80 valence electrons. The van der Waals surface area contributed by atoms with Gasteiger partial charge in [-0.05, 0) is 11.0 Å². The summed E-state index contributed by atoms with van der Waals surface area (Å²) in [6.45, 7) is 2.89. The average molecular weight is 206 g/mol. The van der Waals surface area contributed by atoms with Gasteiger partial charge in [0.2, 0.25) is 0 Å². The summed E-state index contributed by atoms with van der Waals surface area (Å²) in [6.07, 6.45) is 0. The van der Waals surface area contributed by atoms with E-state index in [-0.39, 0.29) is 0 Å². The summed E-state index contributed by atoms with van der Waals surface area (Å²) in [5.41, 5.74) is 1.70. The molecule has 0 spiro atoms. The molecule has 5 heteroatoms. The summed E-state index contributed by atoms with van der Waals surface area (Å²) in [7, 11) is -1.38. The molecule has 0 radical (unpaired) electrons. The van der Waals surface area contributed by atoms with Gasteiger partial charge < -0.3 is 20.7 Å². The number of piperazine rings is 1. The van der Waals surface area contributed by atoms with E-state index in [0.717, 1.165) is 19.6 Å². The lowest BCUT2D eigenvalue weighted by molar-refractivity contribution is 0.425. The first kappa shape index (κ1) is 10.6. The van der Waals surface area contributed by atoms with E-state index in [1.165, 1.54) is 5.56 Å². The van der Waals surface area contributed by atoms with Crippen molar-refractivity contribution < 1.29 is 10.0 Å². The second kappa shape index (κ2) is 4.76. The number of hydrogen-bond acceptors (Lipinski definition) is 4. The number of benzene rings is 1. The molecule has 1 heterocycles. The van der Waals surface area contributed by atoms with Crippen LogP contribution in [-0.4, -0.2) is 36.8 Å². The van der Waals surface area contributed by atoms with Crippen molar-refractivity contribution >= 4 is 12.6 Å². The SMILES string of the molecule is OB(O)c1ccc([C@@H]2CNCCN2)cc1. The van der Waals surface area contributed by atoms with E-state index in [9.17, 15) is 0 Å². The third-order valence-electron chi connectivity index (χ3n) is 2.68. The molecule has 1 aromatic carbocycles. The normalized spacial score (nSPS) is 21.3. The maximum atomic E-state index is 8.95. The van der Waals surface area contributed by atoms with E-state index in [0.29, 0.717) is 11.5 Å². The van der Waals surface area contributed by atoms with Crippen LogP contribution in [0.4, 0.5) is 0 Å². The molecule has 4 nitrogen and oxygen atoms in total. The summed E-state index contributed by atoms with van der Waals surface area (Å²) >= 11 is 0. The minimum atomic E-state index is -1.38. The molecule has 2 rings (SSSR count). The van der Waals surface area contributed by atoms with Crippen molar-refractivity contribution in [2.75, 3.05) is 19.6 Å². The zero-order chi connectivity index (χ0) is 10.7. The Morgan fingerprint density at radius 2 is 1.87 bits per heavy atom. The Balaban J connectivity index is 2.08. The highest BCUT2D eigenvalue weighted by Gasteiger charge is 2.15. The van der Waals surface area contributed by atoms with Crippen LogP contribution in [0, 0.1) is 0 Å². The fraction of sp³-hybridized carbons (Fsp3) is 0.400. The molecule has 0 aliphatic carbocycles. The highest BCUT2D eigenvalue weighted by molar-refractivity contribution is 6.58. The van der Waals surface area contributed by atoms with E-state index in [1.807, 2.05) is 12.1 Å². The monoisotopic (exact) mass is 206 g/mol. The van der Waals surface area contributed by atoms with Crippen molar-refractivity contribution in [2.45, 2.75) is 6.04 Å². The molecule has 0 aromatic heterocycles. The summed E-state index contributed by atoms with van der Waals surface area (Å²) in [5.74, 6) is 0. The van der Waals surface area contributed by atoms with Gasteiger partial charge in [0.25, 0.3) is 0 Å². The van der Waals surface area contributed by atoms with Crippen LogP contribution >= 0.6 is 0 Å². The van der Waals surface area contributed by atoms with Crippen LogP contribution in [-0.2, 0) is 0 Å². The Morgan fingerprint density at radius 3 is 2.40 bits per heavy atom. The number of hydrogen-bond donors (Lipinski definition) is 4. The zero-order valence-electron chi connectivity index (χ0n) is 8.48. The fourth-order valence-electron chi connectivity index (χ4n) is 1.79. The summed E-state index contributed by atoms with van der Waals surface area (Å²) in [6, 6.07) is 7.68. The Labute approximate surface area is 89.5 Å². The maximum Gasteiger partial charge on any atom is 0.488 e. The summed E-state index contributed by atoms with van der Waals surface area (Å²) in [5, 5.41) is 24.6. The lowest BCUT2D eigenvalue weighted by Gasteiger charge is -2.24. The molecule has 1 saturated heterocycles. The van der Waals surface area contributed by atoms with Gasteiger partial charge in [0.1, 0.15) is 0 Å². The Hall–Kier alpha value is -0.875. The Bertz CT molecular complexity index is 310. The van der Waals surface area contributed by atoms with Gasteiger partial charge in [0, 0.05) is 25.7 Å². The molecule has 15 heavy (non-hydrogen) atoms. The van der Waals surface area contributed by atoms with Crippen LogP contribution in [0.2, 0.25) is 0 Å². The molecule has 1 fully saturated rings. The molecule has 0 saturated carbocycles. The van der Waals surface area contributed by atoms with Gasteiger partial charge in [-0.2, -0.15) is 0 Å². The number of nitrogens with one attached hydrogen (secondary N) is 2. The van der Waals surface area contributed by atoms with Crippen LogP contribution in [0.3, 0.4) is 0 Å². The third kappa shape index (κ3) is 2.57. The van der Waals surface area contributed by atoms with E-state index in [2.05, 4.69) is 10.6 Å². The van der Waals surface area contributed by atoms with Crippen LogP contribution in [0.15, 0.2) is 24.3 Å². The largest absolute Gasteiger partial charge is 0.488 e. The second-order valence-corrected chi connectivity index (χ2v) is 3.75. The van der Waals surface area contributed by atoms with Crippen LogP contribution < -0.4 is 16.1 Å². The first-order valence-electron chi connectivity index (χ1n) is 5.17.